The minimum atomic E-state index is -0.0284. The molecule has 1 N–H and O–H groups in total. The summed E-state index contributed by atoms with van der Waals surface area (Å²) in [5, 5.41) is 3.20. The van der Waals surface area contributed by atoms with E-state index in [0.29, 0.717) is 11.6 Å². The lowest BCUT2D eigenvalue weighted by molar-refractivity contribution is 0.0637. The van der Waals surface area contributed by atoms with Gasteiger partial charge in [-0.15, -0.1) is 0 Å². The third kappa shape index (κ3) is 4.83. The molecule has 0 unspecified atom stereocenters. The van der Waals surface area contributed by atoms with Crippen LogP contribution in [0.15, 0.2) is 36.5 Å². The number of likely N-dealkylation sites (N-methyl/N-ethyl adjacent to an activating group) is 1. The first-order valence-electron chi connectivity index (χ1n) is 9.59. The molecule has 0 aliphatic carbocycles. The molecule has 1 amide bonds. The number of hydrogen-bond donors (Lipinski definition) is 1. The largest absolute Gasteiger partial charge is 0.335 e. The van der Waals surface area contributed by atoms with E-state index < -0.39 is 0 Å². The molecular formula is C21H29N5O. The minimum Gasteiger partial charge on any atom is -0.335 e. The zero-order valence-electron chi connectivity index (χ0n) is 16.7. The van der Waals surface area contributed by atoms with Crippen LogP contribution in [0.1, 0.15) is 43.7 Å². The number of nitrogens with one attached hydrogen (secondary N) is 1. The van der Waals surface area contributed by atoms with Crippen molar-refractivity contribution >= 4 is 17.5 Å². The van der Waals surface area contributed by atoms with Crippen LogP contribution in [0.2, 0.25) is 0 Å². The number of carbonyl (C=O) groups excluding carboxylic acids is 1. The van der Waals surface area contributed by atoms with Crippen molar-refractivity contribution in [3.8, 4) is 0 Å². The minimum absolute atomic E-state index is 0.0284. The molecule has 1 aliphatic rings. The van der Waals surface area contributed by atoms with Gasteiger partial charge in [0.15, 0.2) is 0 Å². The van der Waals surface area contributed by atoms with E-state index in [0.717, 1.165) is 38.4 Å². The molecule has 6 heteroatoms. The molecule has 144 valence electrons. The normalized spacial score (nSPS) is 15.6. The lowest BCUT2D eigenvalue weighted by Crippen LogP contribution is -2.48. The third-order valence-electron chi connectivity index (χ3n) is 4.99. The predicted molar refractivity (Wildman–Crippen MR) is 108 cm³/mol. The molecular weight excluding hydrogens is 338 g/mol. The molecule has 0 spiro atoms. The van der Waals surface area contributed by atoms with E-state index in [1.807, 2.05) is 17.0 Å². The second-order valence-electron chi connectivity index (χ2n) is 7.94. The average molecular weight is 367 g/mol. The molecule has 1 fully saturated rings. The highest BCUT2D eigenvalue weighted by Gasteiger charge is 2.22. The number of anilines is 2. The van der Waals surface area contributed by atoms with Gasteiger partial charge in [-0.05, 0) is 35.7 Å². The summed E-state index contributed by atoms with van der Waals surface area (Å²) >= 11 is 0. The first-order valence-corrected chi connectivity index (χ1v) is 9.59. The van der Waals surface area contributed by atoms with Crippen molar-refractivity contribution in [3.63, 3.8) is 0 Å². The Hall–Kier alpha value is -2.47. The first kappa shape index (κ1) is 19.3. The van der Waals surface area contributed by atoms with Crippen LogP contribution in [-0.4, -0.2) is 58.4 Å². The van der Waals surface area contributed by atoms with Crippen LogP contribution >= 0.6 is 0 Å². The lowest BCUT2D eigenvalue weighted by atomic mass is 9.87. The first-order chi connectivity index (χ1) is 12.9. The molecule has 0 atom stereocenters. The number of rotatable bonds is 4. The number of benzene rings is 1. The van der Waals surface area contributed by atoms with Crippen LogP contribution in [0.5, 0.6) is 0 Å². The zero-order chi connectivity index (χ0) is 19.4. The highest BCUT2D eigenvalue weighted by molar-refractivity contribution is 5.92. The monoisotopic (exact) mass is 367 g/mol. The predicted octanol–water partition coefficient (Wildman–Crippen LogP) is 3.30. The number of carbonyl (C=O) groups is 1. The van der Waals surface area contributed by atoms with Crippen LogP contribution in [-0.2, 0) is 5.41 Å². The SMILES string of the molecule is CCN1CCN(C(=O)c2ccnc(Nc3ccc(C(C)(C)C)cc3)n2)CC1. The standard InChI is InChI=1S/C21H29N5O/c1-5-25-12-14-26(15-13-25)19(27)18-10-11-22-20(24-18)23-17-8-6-16(7-9-17)21(2,3)4/h6-11H,5,12-15H2,1-4H3,(H,22,23,24). The maximum absolute atomic E-state index is 12.7. The molecule has 2 heterocycles. The zero-order valence-corrected chi connectivity index (χ0v) is 16.7. The van der Waals surface area contributed by atoms with Crippen molar-refractivity contribution in [1.29, 1.82) is 0 Å². The Morgan fingerprint density at radius 1 is 1.07 bits per heavy atom. The highest BCUT2D eigenvalue weighted by Crippen LogP contribution is 2.24. The summed E-state index contributed by atoms with van der Waals surface area (Å²) in [7, 11) is 0. The summed E-state index contributed by atoms with van der Waals surface area (Å²) < 4.78 is 0. The summed E-state index contributed by atoms with van der Waals surface area (Å²) in [5.74, 6) is 0.413. The third-order valence-corrected chi connectivity index (χ3v) is 4.99. The van der Waals surface area contributed by atoms with Crippen LogP contribution in [0.4, 0.5) is 11.6 Å². The van der Waals surface area contributed by atoms with E-state index in [4.69, 9.17) is 0 Å². The Labute approximate surface area is 161 Å². The molecule has 0 bridgehead atoms. The number of piperazine rings is 1. The topological polar surface area (TPSA) is 61.4 Å². The fraction of sp³-hybridized carbons (Fsp3) is 0.476. The molecule has 2 aromatic rings. The Kier molecular flexibility index (Phi) is 5.75. The van der Waals surface area contributed by atoms with Gasteiger partial charge in [-0.2, -0.15) is 0 Å². The smallest absolute Gasteiger partial charge is 0.272 e. The van der Waals surface area contributed by atoms with Crippen LogP contribution < -0.4 is 5.32 Å². The van der Waals surface area contributed by atoms with Gasteiger partial charge in [0.25, 0.3) is 5.91 Å². The van der Waals surface area contributed by atoms with Crippen molar-refractivity contribution in [3.05, 3.63) is 47.8 Å². The van der Waals surface area contributed by atoms with Gasteiger partial charge in [0, 0.05) is 38.1 Å². The van der Waals surface area contributed by atoms with Gasteiger partial charge in [-0.3, -0.25) is 4.79 Å². The number of hydrogen-bond acceptors (Lipinski definition) is 5. The fourth-order valence-electron chi connectivity index (χ4n) is 3.15. The van der Waals surface area contributed by atoms with Gasteiger partial charge in [0.2, 0.25) is 5.95 Å². The van der Waals surface area contributed by atoms with E-state index in [9.17, 15) is 4.79 Å². The van der Waals surface area contributed by atoms with Crippen molar-refractivity contribution in [2.75, 3.05) is 38.0 Å². The molecule has 1 saturated heterocycles. The second-order valence-corrected chi connectivity index (χ2v) is 7.94. The maximum Gasteiger partial charge on any atom is 0.272 e. The fourth-order valence-corrected chi connectivity index (χ4v) is 3.15. The molecule has 1 aromatic carbocycles. The van der Waals surface area contributed by atoms with Crippen LogP contribution in [0.25, 0.3) is 0 Å². The molecule has 27 heavy (non-hydrogen) atoms. The molecule has 1 aromatic heterocycles. The van der Waals surface area contributed by atoms with E-state index in [2.05, 4.69) is 60.0 Å². The van der Waals surface area contributed by atoms with Gasteiger partial charge in [0.05, 0.1) is 0 Å². The summed E-state index contributed by atoms with van der Waals surface area (Å²) in [4.78, 5) is 25.6. The number of aromatic nitrogens is 2. The van der Waals surface area contributed by atoms with E-state index in [-0.39, 0.29) is 11.3 Å². The molecule has 0 saturated carbocycles. The molecule has 3 rings (SSSR count). The maximum atomic E-state index is 12.7. The quantitative estimate of drug-likeness (QED) is 0.898. The van der Waals surface area contributed by atoms with E-state index >= 15 is 0 Å². The number of amides is 1. The van der Waals surface area contributed by atoms with Gasteiger partial charge < -0.3 is 15.1 Å². The van der Waals surface area contributed by atoms with E-state index in [1.165, 1.54) is 5.56 Å². The van der Waals surface area contributed by atoms with Gasteiger partial charge in [-0.1, -0.05) is 39.8 Å². The second kappa shape index (κ2) is 8.05. The highest BCUT2D eigenvalue weighted by atomic mass is 16.2. The summed E-state index contributed by atoms with van der Waals surface area (Å²) in [6.45, 7) is 13.1. The summed E-state index contributed by atoms with van der Waals surface area (Å²) in [6.07, 6.45) is 1.63. The summed E-state index contributed by atoms with van der Waals surface area (Å²) in [6, 6.07) is 9.92. The lowest BCUT2D eigenvalue weighted by Gasteiger charge is -2.33. The van der Waals surface area contributed by atoms with Gasteiger partial charge in [-0.25, -0.2) is 9.97 Å². The Bertz CT molecular complexity index is 774. The van der Waals surface area contributed by atoms with Crippen LogP contribution in [0, 0.1) is 0 Å². The van der Waals surface area contributed by atoms with E-state index in [1.54, 1.807) is 12.3 Å². The molecule has 6 nitrogen and oxygen atoms in total. The Morgan fingerprint density at radius 3 is 2.33 bits per heavy atom. The van der Waals surface area contributed by atoms with Gasteiger partial charge >= 0.3 is 0 Å². The Morgan fingerprint density at radius 2 is 1.74 bits per heavy atom. The van der Waals surface area contributed by atoms with Crippen molar-refractivity contribution in [2.45, 2.75) is 33.1 Å². The van der Waals surface area contributed by atoms with Crippen LogP contribution in [0.3, 0.4) is 0 Å². The molecule has 0 radical (unpaired) electrons. The Balaban J connectivity index is 1.67. The average Bonchev–Trinajstić information content (AvgIpc) is 2.67. The van der Waals surface area contributed by atoms with Gasteiger partial charge in [0.1, 0.15) is 5.69 Å². The van der Waals surface area contributed by atoms with Crippen molar-refractivity contribution in [1.82, 2.24) is 19.8 Å². The number of nitrogens with zero attached hydrogens (tertiary/aromatic N) is 4. The van der Waals surface area contributed by atoms with Crippen molar-refractivity contribution in [2.24, 2.45) is 0 Å². The summed E-state index contributed by atoms with van der Waals surface area (Å²) in [5.41, 5.74) is 2.72. The molecule has 1 aliphatic heterocycles. The van der Waals surface area contributed by atoms with Crippen molar-refractivity contribution < 1.29 is 4.79 Å².